The lowest BCUT2D eigenvalue weighted by molar-refractivity contribution is -0.136. The third kappa shape index (κ3) is 4.58. The molecule has 0 unspecified atom stereocenters. The highest BCUT2D eigenvalue weighted by atomic mass is 32.2. The third-order valence-corrected chi connectivity index (χ3v) is 7.89. The molecule has 0 N–H and O–H groups in total. The van der Waals surface area contributed by atoms with Crippen molar-refractivity contribution in [3.05, 3.63) is 35.6 Å². The molecular formula is C18H25FN2O3S2. The Bertz CT molecular complexity index is 739. The van der Waals surface area contributed by atoms with Gasteiger partial charge in [-0.1, -0.05) is 19.1 Å². The summed E-state index contributed by atoms with van der Waals surface area (Å²) in [7, 11) is -3.07. The summed E-state index contributed by atoms with van der Waals surface area (Å²) < 4.78 is 37.0. The van der Waals surface area contributed by atoms with Crippen LogP contribution in [0.1, 0.15) is 18.9 Å². The van der Waals surface area contributed by atoms with Gasteiger partial charge in [0.1, 0.15) is 5.82 Å². The van der Waals surface area contributed by atoms with Gasteiger partial charge in [-0.15, -0.1) is 0 Å². The molecule has 2 saturated heterocycles. The van der Waals surface area contributed by atoms with Crippen molar-refractivity contribution < 1.29 is 17.6 Å². The number of benzene rings is 1. The van der Waals surface area contributed by atoms with E-state index in [0.29, 0.717) is 18.7 Å². The highest BCUT2D eigenvalue weighted by Gasteiger charge is 2.47. The molecule has 5 nitrogen and oxygen atoms in total. The zero-order valence-corrected chi connectivity index (χ0v) is 16.6. The van der Waals surface area contributed by atoms with E-state index in [4.69, 9.17) is 0 Å². The van der Waals surface area contributed by atoms with Gasteiger partial charge in [-0.2, -0.15) is 11.8 Å². The van der Waals surface area contributed by atoms with Gasteiger partial charge in [-0.25, -0.2) is 12.8 Å². The third-order valence-electron chi connectivity index (χ3n) is 5.16. The van der Waals surface area contributed by atoms with Gasteiger partial charge >= 0.3 is 0 Å². The van der Waals surface area contributed by atoms with Gasteiger partial charge < -0.3 is 4.90 Å². The van der Waals surface area contributed by atoms with Crippen LogP contribution < -0.4 is 0 Å². The highest BCUT2D eigenvalue weighted by molar-refractivity contribution is 7.98. The van der Waals surface area contributed by atoms with Crippen LogP contribution in [0.3, 0.4) is 0 Å². The first-order chi connectivity index (χ1) is 12.4. The molecule has 0 spiro atoms. The minimum absolute atomic E-state index is 0.0412. The van der Waals surface area contributed by atoms with Crippen LogP contribution in [0.4, 0.5) is 4.39 Å². The number of thioether (sulfide) groups is 1. The Labute approximate surface area is 158 Å². The Morgan fingerprint density at radius 3 is 2.58 bits per heavy atom. The second kappa shape index (κ2) is 8.27. The molecule has 1 aromatic rings. The second-order valence-electron chi connectivity index (χ2n) is 6.86. The summed E-state index contributed by atoms with van der Waals surface area (Å²) in [6, 6.07) is 6.12. The molecule has 2 aliphatic rings. The van der Waals surface area contributed by atoms with Crippen LogP contribution in [0.15, 0.2) is 24.3 Å². The molecule has 144 valence electrons. The van der Waals surface area contributed by atoms with Crippen molar-refractivity contribution in [3.63, 3.8) is 0 Å². The molecule has 2 atom stereocenters. The fraction of sp³-hybridized carbons (Fsp3) is 0.611. The van der Waals surface area contributed by atoms with Crippen LogP contribution in [-0.4, -0.2) is 73.1 Å². The number of halogens is 1. The Kier molecular flexibility index (Phi) is 6.25. The van der Waals surface area contributed by atoms with Gasteiger partial charge in [0.05, 0.1) is 17.5 Å². The molecule has 26 heavy (non-hydrogen) atoms. The molecule has 3 rings (SSSR count). The van der Waals surface area contributed by atoms with Crippen LogP contribution in [0.5, 0.6) is 0 Å². The van der Waals surface area contributed by atoms with Crippen LogP contribution in [-0.2, 0) is 20.4 Å². The van der Waals surface area contributed by atoms with E-state index >= 15 is 0 Å². The number of sulfone groups is 1. The van der Waals surface area contributed by atoms with Crippen molar-refractivity contribution in [1.29, 1.82) is 0 Å². The lowest BCUT2D eigenvalue weighted by Gasteiger charge is -2.43. The average molecular weight is 401 g/mol. The number of fused-ring (bicyclic) bond motifs is 1. The van der Waals surface area contributed by atoms with Gasteiger partial charge in [-0.3, -0.25) is 9.69 Å². The summed E-state index contributed by atoms with van der Waals surface area (Å²) in [5.74, 6) is 1.45. The minimum atomic E-state index is -3.07. The molecule has 2 aliphatic heterocycles. The van der Waals surface area contributed by atoms with Gasteiger partial charge in [0, 0.05) is 37.1 Å². The Balaban J connectivity index is 1.52. The van der Waals surface area contributed by atoms with E-state index in [2.05, 4.69) is 4.90 Å². The van der Waals surface area contributed by atoms with Crippen LogP contribution in [0.2, 0.25) is 0 Å². The summed E-state index contributed by atoms with van der Waals surface area (Å²) in [6.45, 7) is 4.19. The Hall–Kier alpha value is -1.12. The van der Waals surface area contributed by atoms with E-state index < -0.39 is 9.84 Å². The molecule has 0 aromatic heterocycles. The zero-order chi connectivity index (χ0) is 18.7. The van der Waals surface area contributed by atoms with Gasteiger partial charge in [0.25, 0.3) is 0 Å². The molecule has 0 bridgehead atoms. The van der Waals surface area contributed by atoms with Crippen molar-refractivity contribution in [2.24, 2.45) is 0 Å². The van der Waals surface area contributed by atoms with Gasteiger partial charge in [-0.05, 0) is 24.2 Å². The standard InChI is InChI=1S/C18H25FN2O3S2/c1-2-20-8-9-21(17-13-26(23,24)12-16(17)20)18(22)7-10-25-11-14-3-5-15(19)6-4-14/h3-6,16-17H,2,7-13H2,1H3/t16-,17+/m1/s1. The minimum Gasteiger partial charge on any atom is -0.336 e. The number of carbonyl (C=O) groups excluding carboxylic acids is 1. The number of hydrogen-bond donors (Lipinski definition) is 0. The van der Waals surface area contributed by atoms with Crippen molar-refractivity contribution in [2.45, 2.75) is 31.2 Å². The Morgan fingerprint density at radius 2 is 1.88 bits per heavy atom. The smallest absolute Gasteiger partial charge is 0.223 e. The van der Waals surface area contributed by atoms with Crippen LogP contribution in [0, 0.1) is 5.82 Å². The van der Waals surface area contributed by atoms with E-state index in [1.807, 2.05) is 6.92 Å². The predicted octanol–water partition coefficient (Wildman–Crippen LogP) is 1.78. The van der Waals surface area contributed by atoms with E-state index in [1.165, 1.54) is 12.1 Å². The second-order valence-corrected chi connectivity index (χ2v) is 10.1. The van der Waals surface area contributed by atoms with E-state index in [9.17, 15) is 17.6 Å². The van der Waals surface area contributed by atoms with E-state index in [0.717, 1.165) is 24.4 Å². The summed E-state index contributed by atoms with van der Waals surface area (Å²) in [4.78, 5) is 16.6. The quantitative estimate of drug-likeness (QED) is 0.682. The SMILES string of the molecule is CCN1CCN(C(=O)CCSCc2ccc(F)cc2)[C@H]2CS(=O)(=O)C[C@H]21. The van der Waals surface area contributed by atoms with Gasteiger partial charge in [0.2, 0.25) is 5.91 Å². The van der Waals surface area contributed by atoms with Crippen LogP contribution in [0.25, 0.3) is 0 Å². The lowest BCUT2D eigenvalue weighted by atomic mass is 10.0. The van der Waals surface area contributed by atoms with Gasteiger partial charge in [0.15, 0.2) is 9.84 Å². The average Bonchev–Trinajstić information content (AvgIpc) is 2.94. The first-order valence-electron chi connectivity index (χ1n) is 8.96. The van der Waals surface area contributed by atoms with E-state index in [1.54, 1.807) is 28.8 Å². The van der Waals surface area contributed by atoms with Crippen molar-refractivity contribution >= 4 is 27.5 Å². The maximum atomic E-state index is 12.9. The fourth-order valence-electron chi connectivity index (χ4n) is 3.80. The zero-order valence-electron chi connectivity index (χ0n) is 14.9. The molecule has 8 heteroatoms. The normalized spacial score (nSPS) is 25.2. The number of nitrogens with zero attached hydrogens (tertiary/aromatic N) is 2. The largest absolute Gasteiger partial charge is 0.336 e. The number of carbonyl (C=O) groups is 1. The van der Waals surface area contributed by atoms with Crippen molar-refractivity contribution in [1.82, 2.24) is 9.80 Å². The molecule has 0 aliphatic carbocycles. The molecule has 1 amide bonds. The molecular weight excluding hydrogens is 375 g/mol. The molecule has 0 radical (unpaired) electrons. The Morgan fingerprint density at radius 1 is 1.19 bits per heavy atom. The lowest BCUT2D eigenvalue weighted by Crippen LogP contribution is -2.60. The summed E-state index contributed by atoms with van der Waals surface area (Å²) in [5, 5.41) is 0. The monoisotopic (exact) mass is 400 g/mol. The topological polar surface area (TPSA) is 57.7 Å². The molecule has 2 fully saturated rings. The van der Waals surface area contributed by atoms with Crippen molar-refractivity contribution in [2.75, 3.05) is 36.9 Å². The maximum Gasteiger partial charge on any atom is 0.223 e. The van der Waals surface area contributed by atoms with Crippen molar-refractivity contribution in [3.8, 4) is 0 Å². The number of amides is 1. The first kappa shape index (κ1) is 19.6. The predicted molar refractivity (Wildman–Crippen MR) is 102 cm³/mol. The van der Waals surface area contributed by atoms with Crippen LogP contribution >= 0.6 is 11.8 Å². The summed E-state index contributed by atoms with van der Waals surface area (Å²) >= 11 is 1.64. The summed E-state index contributed by atoms with van der Waals surface area (Å²) in [5.41, 5.74) is 1.03. The first-order valence-corrected chi connectivity index (χ1v) is 11.9. The molecule has 1 aromatic carbocycles. The highest BCUT2D eigenvalue weighted by Crippen LogP contribution is 2.27. The number of likely N-dealkylation sites (N-methyl/N-ethyl adjacent to an activating group) is 1. The number of piperazine rings is 1. The molecule has 0 saturated carbocycles. The fourth-order valence-corrected chi connectivity index (χ4v) is 6.70. The van der Waals surface area contributed by atoms with E-state index in [-0.39, 0.29) is 35.3 Å². The maximum absolute atomic E-state index is 12.9. The summed E-state index contributed by atoms with van der Waals surface area (Å²) in [6.07, 6.45) is 0.404. The number of hydrogen-bond acceptors (Lipinski definition) is 5. The number of rotatable bonds is 6. The molecule has 2 heterocycles.